The Kier molecular flexibility index (Phi) is 3.43. The standard InChI is InChI=1S/C17H15ClN2O/c1-11-17(12-5-3-2-4-6-12)14-9-13(18)7-8-15(14)20(11)10-16(19)21/h2-9H,10H2,1H3,(H2,19,21). The Morgan fingerprint density at radius 3 is 2.57 bits per heavy atom. The number of benzene rings is 2. The normalized spacial score (nSPS) is 11.0. The molecule has 0 fully saturated rings. The molecule has 3 aromatic rings. The van der Waals surface area contributed by atoms with Gasteiger partial charge in [-0.2, -0.15) is 0 Å². The molecule has 0 radical (unpaired) electrons. The number of rotatable bonds is 3. The van der Waals surface area contributed by atoms with Gasteiger partial charge in [-0.15, -0.1) is 0 Å². The number of aromatic nitrogens is 1. The summed E-state index contributed by atoms with van der Waals surface area (Å²) in [6.45, 7) is 2.16. The Balaban J connectivity index is 2.35. The van der Waals surface area contributed by atoms with E-state index in [-0.39, 0.29) is 12.5 Å². The van der Waals surface area contributed by atoms with E-state index in [0.29, 0.717) is 5.02 Å². The Morgan fingerprint density at radius 2 is 1.90 bits per heavy atom. The fraction of sp³-hybridized carbons (Fsp3) is 0.118. The molecule has 1 heterocycles. The van der Waals surface area contributed by atoms with E-state index in [1.807, 2.05) is 47.9 Å². The molecule has 0 atom stereocenters. The molecule has 21 heavy (non-hydrogen) atoms. The number of halogens is 1. The number of fused-ring (bicyclic) bond motifs is 1. The SMILES string of the molecule is Cc1c(-c2ccccc2)c2cc(Cl)ccc2n1CC(N)=O. The highest BCUT2D eigenvalue weighted by Gasteiger charge is 2.16. The number of carbonyl (C=O) groups is 1. The van der Waals surface area contributed by atoms with E-state index >= 15 is 0 Å². The van der Waals surface area contributed by atoms with Crippen molar-refractivity contribution in [1.29, 1.82) is 0 Å². The first-order chi connectivity index (χ1) is 10.1. The summed E-state index contributed by atoms with van der Waals surface area (Å²) < 4.78 is 1.94. The third-order valence-electron chi connectivity index (χ3n) is 3.66. The lowest BCUT2D eigenvalue weighted by atomic mass is 10.0. The van der Waals surface area contributed by atoms with Crippen molar-refractivity contribution in [3.8, 4) is 11.1 Å². The minimum Gasteiger partial charge on any atom is -0.368 e. The Labute approximate surface area is 127 Å². The number of nitrogens with two attached hydrogens (primary N) is 1. The molecular weight excluding hydrogens is 284 g/mol. The van der Waals surface area contributed by atoms with E-state index < -0.39 is 0 Å². The first-order valence-corrected chi connectivity index (χ1v) is 7.08. The van der Waals surface area contributed by atoms with Crippen molar-refractivity contribution in [1.82, 2.24) is 4.57 Å². The van der Waals surface area contributed by atoms with Crippen molar-refractivity contribution in [3.63, 3.8) is 0 Å². The number of amides is 1. The fourth-order valence-corrected chi connectivity index (χ4v) is 2.96. The zero-order valence-corrected chi connectivity index (χ0v) is 12.4. The lowest BCUT2D eigenvalue weighted by Gasteiger charge is -2.06. The molecule has 0 aliphatic rings. The van der Waals surface area contributed by atoms with Gasteiger partial charge in [-0.05, 0) is 30.7 Å². The number of hydrogen-bond acceptors (Lipinski definition) is 1. The van der Waals surface area contributed by atoms with Gasteiger partial charge in [0.1, 0.15) is 6.54 Å². The van der Waals surface area contributed by atoms with Gasteiger partial charge in [-0.3, -0.25) is 4.79 Å². The number of primary amides is 1. The number of hydrogen-bond donors (Lipinski definition) is 1. The largest absolute Gasteiger partial charge is 0.368 e. The van der Waals surface area contributed by atoms with Crippen molar-refractivity contribution in [2.45, 2.75) is 13.5 Å². The fourth-order valence-electron chi connectivity index (χ4n) is 2.78. The van der Waals surface area contributed by atoms with E-state index in [1.165, 1.54) is 0 Å². The van der Waals surface area contributed by atoms with Crippen LogP contribution in [0.4, 0.5) is 0 Å². The zero-order valence-electron chi connectivity index (χ0n) is 11.6. The van der Waals surface area contributed by atoms with Crippen LogP contribution < -0.4 is 5.73 Å². The van der Waals surface area contributed by atoms with Crippen molar-refractivity contribution in [2.24, 2.45) is 5.73 Å². The van der Waals surface area contributed by atoms with E-state index in [1.54, 1.807) is 0 Å². The molecule has 0 spiro atoms. The second-order valence-corrected chi connectivity index (χ2v) is 5.48. The van der Waals surface area contributed by atoms with E-state index in [4.69, 9.17) is 17.3 Å². The molecule has 4 heteroatoms. The summed E-state index contributed by atoms with van der Waals surface area (Å²) in [4.78, 5) is 11.4. The molecule has 1 amide bonds. The number of nitrogens with zero attached hydrogens (tertiary/aromatic N) is 1. The van der Waals surface area contributed by atoms with E-state index in [0.717, 1.165) is 27.7 Å². The second kappa shape index (κ2) is 5.26. The molecule has 0 aliphatic carbocycles. The number of carbonyl (C=O) groups excluding carboxylic acids is 1. The topological polar surface area (TPSA) is 48.0 Å². The van der Waals surface area contributed by atoms with Crippen molar-refractivity contribution in [3.05, 3.63) is 59.2 Å². The predicted molar refractivity (Wildman–Crippen MR) is 86.3 cm³/mol. The van der Waals surface area contributed by atoms with Gasteiger partial charge in [0, 0.05) is 27.2 Å². The molecule has 3 rings (SSSR count). The van der Waals surface area contributed by atoms with Crippen LogP contribution in [-0.2, 0) is 11.3 Å². The smallest absolute Gasteiger partial charge is 0.237 e. The Morgan fingerprint density at radius 1 is 1.19 bits per heavy atom. The third-order valence-corrected chi connectivity index (χ3v) is 3.90. The highest BCUT2D eigenvalue weighted by atomic mass is 35.5. The molecule has 0 saturated carbocycles. The quantitative estimate of drug-likeness (QED) is 0.786. The lowest BCUT2D eigenvalue weighted by molar-refractivity contribution is -0.118. The van der Waals surface area contributed by atoms with Gasteiger partial charge in [0.15, 0.2) is 0 Å². The first kappa shape index (κ1) is 13.7. The van der Waals surface area contributed by atoms with Crippen LogP contribution in [0.5, 0.6) is 0 Å². The zero-order chi connectivity index (χ0) is 15.0. The summed E-state index contributed by atoms with van der Waals surface area (Å²) in [5.74, 6) is -0.357. The molecular formula is C17H15ClN2O. The Bertz CT molecular complexity index is 822. The van der Waals surface area contributed by atoms with Gasteiger partial charge >= 0.3 is 0 Å². The van der Waals surface area contributed by atoms with Gasteiger partial charge in [-0.1, -0.05) is 41.9 Å². The highest BCUT2D eigenvalue weighted by Crippen LogP contribution is 2.35. The predicted octanol–water partition coefficient (Wildman–Crippen LogP) is 3.76. The van der Waals surface area contributed by atoms with Gasteiger partial charge in [-0.25, -0.2) is 0 Å². The van der Waals surface area contributed by atoms with Gasteiger partial charge in [0.25, 0.3) is 0 Å². The molecule has 0 unspecified atom stereocenters. The molecule has 2 N–H and O–H groups in total. The molecule has 2 aromatic carbocycles. The summed E-state index contributed by atoms with van der Waals surface area (Å²) in [7, 11) is 0. The molecule has 106 valence electrons. The van der Waals surface area contributed by atoms with Crippen LogP contribution in [0.1, 0.15) is 5.69 Å². The second-order valence-electron chi connectivity index (χ2n) is 5.04. The maximum Gasteiger partial charge on any atom is 0.237 e. The van der Waals surface area contributed by atoms with Gasteiger partial charge < -0.3 is 10.3 Å². The van der Waals surface area contributed by atoms with Gasteiger partial charge in [0.2, 0.25) is 5.91 Å². The van der Waals surface area contributed by atoms with Crippen LogP contribution >= 0.6 is 11.6 Å². The van der Waals surface area contributed by atoms with E-state index in [9.17, 15) is 4.79 Å². The van der Waals surface area contributed by atoms with Crippen LogP contribution in [0.2, 0.25) is 5.02 Å². The van der Waals surface area contributed by atoms with E-state index in [2.05, 4.69) is 12.1 Å². The van der Waals surface area contributed by atoms with Crippen molar-refractivity contribution >= 4 is 28.4 Å². The first-order valence-electron chi connectivity index (χ1n) is 6.70. The Hall–Kier alpha value is -2.26. The molecule has 1 aromatic heterocycles. The van der Waals surface area contributed by atoms with Crippen molar-refractivity contribution in [2.75, 3.05) is 0 Å². The van der Waals surface area contributed by atoms with Crippen molar-refractivity contribution < 1.29 is 4.79 Å². The molecule has 3 nitrogen and oxygen atoms in total. The summed E-state index contributed by atoms with van der Waals surface area (Å²) >= 11 is 6.14. The third kappa shape index (κ3) is 2.41. The average molecular weight is 299 g/mol. The monoisotopic (exact) mass is 298 g/mol. The van der Waals surface area contributed by atoms with Crippen LogP contribution in [0, 0.1) is 6.92 Å². The average Bonchev–Trinajstić information content (AvgIpc) is 2.71. The molecule has 0 aliphatic heterocycles. The van der Waals surface area contributed by atoms with Crippen LogP contribution in [0.3, 0.4) is 0 Å². The summed E-state index contributed by atoms with van der Waals surface area (Å²) in [5.41, 5.74) is 9.55. The lowest BCUT2D eigenvalue weighted by Crippen LogP contribution is -2.19. The van der Waals surface area contributed by atoms with Gasteiger partial charge in [0.05, 0.1) is 0 Å². The molecule has 0 bridgehead atoms. The minimum atomic E-state index is -0.357. The summed E-state index contributed by atoms with van der Waals surface area (Å²) in [6.07, 6.45) is 0. The van der Waals surface area contributed by atoms with Crippen LogP contribution in [-0.4, -0.2) is 10.5 Å². The maximum atomic E-state index is 11.4. The summed E-state index contributed by atoms with van der Waals surface area (Å²) in [6, 6.07) is 15.8. The maximum absolute atomic E-state index is 11.4. The molecule has 0 saturated heterocycles. The summed E-state index contributed by atoms with van der Waals surface area (Å²) in [5, 5.41) is 1.71. The highest BCUT2D eigenvalue weighted by molar-refractivity contribution is 6.31. The van der Waals surface area contributed by atoms with Crippen LogP contribution in [0.25, 0.3) is 22.0 Å². The minimum absolute atomic E-state index is 0.163. The van der Waals surface area contributed by atoms with Crippen LogP contribution in [0.15, 0.2) is 48.5 Å².